The number of nitrogens with one attached hydrogen (secondary N) is 2. The van der Waals surface area contributed by atoms with Crippen LogP contribution in [0.3, 0.4) is 0 Å². The van der Waals surface area contributed by atoms with Gasteiger partial charge in [0.1, 0.15) is 11.6 Å². The number of carbonyl (C=O) groups is 2. The Hall–Kier alpha value is -3.22. The first-order chi connectivity index (χ1) is 12.6. The minimum atomic E-state index is -0.385. The van der Waals surface area contributed by atoms with Crippen molar-refractivity contribution in [3.05, 3.63) is 59.9 Å². The van der Waals surface area contributed by atoms with Crippen molar-refractivity contribution in [3.8, 4) is 5.75 Å². The lowest BCUT2D eigenvalue weighted by molar-refractivity contribution is -0.124. The molecule has 2 aromatic rings. The number of anilines is 1. The second-order valence-corrected chi connectivity index (χ2v) is 5.32. The summed E-state index contributed by atoms with van der Waals surface area (Å²) in [6.07, 6.45) is 1.47. The van der Waals surface area contributed by atoms with Gasteiger partial charge in [-0.15, -0.1) is 0 Å². The normalized spacial score (nSPS) is 10.5. The Morgan fingerprint density at radius 1 is 1.08 bits per heavy atom. The molecule has 0 bridgehead atoms. The van der Waals surface area contributed by atoms with Crippen molar-refractivity contribution in [2.24, 2.45) is 5.10 Å². The minimum absolute atomic E-state index is 0.00569. The Kier molecular flexibility index (Phi) is 7.30. The highest BCUT2D eigenvalue weighted by atomic mass is 19.1. The van der Waals surface area contributed by atoms with Crippen LogP contribution in [0.1, 0.15) is 25.3 Å². The summed E-state index contributed by atoms with van der Waals surface area (Å²) in [4.78, 5) is 23.5. The molecular weight excluding hydrogens is 337 g/mol. The van der Waals surface area contributed by atoms with E-state index in [9.17, 15) is 14.0 Å². The predicted molar refractivity (Wildman–Crippen MR) is 97.6 cm³/mol. The number of amides is 2. The first kappa shape index (κ1) is 19.1. The van der Waals surface area contributed by atoms with Gasteiger partial charge in [-0.25, -0.2) is 9.82 Å². The van der Waals surface area contributed by atoms with Crippen molar-refractivity contribution in [1.82, 2.24) is 5.43 Å². The zero-order chi connectivity index (χ0) is 18.8. The molecule has 0 unspecified atom stereocenters. The lowest BCUT2D eigenvalue weighted by atomic mass is 10.2. The van der Waals surface area contributed by atoms with Gasteiger partial charge in [-0.1, -0.05) is 12.1 Å². The Bertz CT molecular complexity index is 776. The highest BCUT2D eigenvalue weighted by Crippen LogP contribution is 2.15. The van der Waals surface area contributed by atoms with Gasteiger partial charge in [0, 0.05) is 24.1 Å². The van der Waals surface area contributed by atoms with E-state index in [1.54, 1.807) is 0 Å². The van der Waals surface area contributed by atoms with Crippen LogP contribution in [-0.4, -0.2) is 24.6 Å². The van der Waals surface area contributed by atoms with Gasteiger partial charge in [-0.2, -0.15) is 5.10 Å². The van der Waals surface area contributed by atoms with E-state index in [0.29, 0.717) is 18.0 Å². The van der Waals surface area contributed by atoms with Crippen LogP contribution < -0.4 is 15.5 Å². The molecule has 0 aliphatic heterocycles. The predicted octanol–water partition coefficient (Wildman–Crippen LogP) is 3.09. The minimum Gasteiger partial charge on any atom is -0.493 e. The molecular formula is C19H20FN3O3. The Morgan fingerprint density at radius 2 is 1.77 bits per heavy atom. The summed E-state index contributed by atoms with van der Waals surface area (Å²) in [7, 11) is 0. The topological polar surface area (TPSA) is 79.8 Å². The van der Waals surface area contributed by atoms with Crippen LogP contribution in [0.5, 0.6) is 5.75 Å². The number of rotatable bonds is 8. The Balaban J connectivity index is 1.76. The van der Waals surface area contributed by atoms with Crippen LogP contribution in [-0.2, 0) is 9.59 Å². The van der Waals surface area contributed by atoms with Crippen molar-refractivity contribution in [2.75, 3.05) is 11.9 Å². The van der Waals surface area contributed by atoms with E-state index in [1.165, 1.54) is 30.5 Å². The van der Waals surface area contributed by atoms with E-state index in [-0.39, 0.29) is 30.5 Å². The first-order valence-electron chi connectivity index (χ1n) is 8.17. The Morgan fingerprint density at radius 3 is 2.50 bits per heavy atom. The largest absolute Gasteiger partial charge is 0.493 e. The van der Waals surface area contributed by atoms with Crippen molar-refractivity contribution < 1.29 is 18.7 Å². The fourth-order valence-electron chi connectivity index (χ4n) is 2.09. The van der Waals surface area contributed by atoms with E-state index in [2.05, 4.69) is 15.8 Å². The molecule has 0 saturated carbocycles. The average Bonchev–Trinajstić information content (AvgIpc) is 2.63. The molecule has 2 aromatic carbocycles. The van der Waals surface area contributed by atoms with E-state index in [4.69, 9.17) is 4.74 Å². The highest BCUT2D eigenvalue weighted by molar-refractivity contribution is 5.93. The van der Waals surface area contributed by atoms with Gasteiger partial charge in [0.2, 0.25) is 11.8 Å². The maximum Gasteiger partial charge on any atom is 0.240 e. The summed E-state index contributed by atoms with van der Waals surface area (Å²) in [5, 5.41) is 6.47. The number of para-hydroxylation sites is 1. The molecule has 0 radical (unpaired) electrons. The third kappa shape index (κ3) is 6.35. The smallest absolute Gasteiger partial charge is 0.240 e. The lowest BCUT2D eigenvalue weighted by Crippen LogP contribution is -2.20. The van der Waals surface area contributed by atoms with Crippen molar-refractivity contribution >= 4 is 23.7 Å². The van der Waals surface area contributed by atoms with Gasteiger partial charge in [0.05, 0.1) is 12.8 Å². The second kappa shape index (κ2) is 9.93. The molecule has 7 heteroatoms. The van der Waals surface area contributed by atoms with E-state index in [0.717, 1.165) is 5.56 Å². The van der Waals surface area contributed by atoms with Gasteiger partial charge in [-0.3, -0.25) is 9.59 Å². The second-order valence-electron chi connectivity index (χ2n) is 5.32. The molecule has 0 aliphatic rings. The average molecular weight is 357 g/mol. The summed E-state index contributed by atoms with van der Waals surface area (Å²) in [5.74, 6) is -0.431. The molecule has 0 atom stereocenters. The number of hydrogen-bond donors (Lipinski definition) is 2. The molecule has 26 heavy (non-hydrogen) atoms. The van der Waals surface area contributed by atoms with Crippen LogP contribution in [0.25, 0.3) is 0 Å². The fraction of sp³-hybridized carbons (Fsp3) is 0.211. The number of carbonyl (C=O) groups excluding carboxylic acids is 2. The zero-order valence-electron chi connectivity index (χ0n) is 14.4. The summed E-state index contributed by atoms with van der Waals surface area (Å²) in [6, 6.07) is 12.7. The molecule has 0 aliphatic carbocycles. The highest BCUT2D eigenvalue weighted by Gasteiger charge is 2.07. The van der Waals surface area contributed by atoms with Crippen LogP contribution >= 0.6 is 0 Å². The molecule has 6 nitrogen and oxygen atoms in total. The molecule has 0 heterocycles. The monoisotopic (exact) mass is 357 g/mol. The molecule has 0 spiro atoms. The number of benzene rings is 2. The third-order valence-electron chi connectivity index (χ3n) is 3.32. The van der Waals surface area contributed by atoms with Gasteiger partial charge in [0.25, 0.3) is 0 Å². The van der Waals surface area contributed by atoms with Crippen molar-refractivity contribution in [1.29, 1.82) is 0 Å². The molecule has 2 rings (SSSR count). The molecule has 0 fully saturated rings. The third-order valence-corrected chi connectivity index (χ3v) is 3.32. The molecule has 2 N–H and O–H groups in total. The van der Waals surface area contributed by atoms with Gasteiger partial charge in [-0.05, 0) is 43.3 Å². The van der Waals surface area contributed by atoms with Crippen molar-refractivity contribution in [2.45, 2.75) is 19.8 Å². The fourth-order valence-corrected chi connectivity index (χ4v) is 2.09. The molecule has 0 aromatic heterocycles. The summed E-state index contributed by atoms with van der Waals surface area (Å²) in [5.41, 5.74) is 3.59. The standard InChI is InChI=1S/C19H20FN3O3/c1-2-26-17-6-4-3-5-14(17)13-21-23-19(25)12-11-18(24)22-16-9-7-15(20)8-10-16/h3-10,13H,2,11-12H2,1H3,(H,22,24)(H,23,25). The molecule has 2 amide bonds. The van der Waals surface area contributed by atoms with Gasteiger partial charge >= 0.3 is 0 Å². The van der Waals surface area contributed by atoms with E-state index in [1.807, 2.05) is 31.2 Å². The number of hydrazone groups is 1. The van der Waals surface area contributed by atoms with Gasteiger partial charge < -0.3 is 10.1 Å². The van der Waals surface area contributed by atoms with Crippen molar-refractivity contribution in [3.63, 3.8) is 0 Å². The van der Waals surface area contributed by atoms with Crippen LogP contribution in [0, 0.1) is 5.82 Å². The SMILES string of the molecule is CCOc1ccccc1C=NNC(=O)CCC(=O)Nc1ccc(F)cc1. The van der Waals surface area contributed by atoms with Crippen LogP contribution in [0.2, 0.25) is 0 Å². The molecule has 136 valence electrons. The number of halogens is 1. The summed E-state index contributed by atoms with van der Waals surface area (Å²) >= 11 is 0. The van der Waals surface area contributed by atoms with E-state index >= 15 is 0 Å². The maximum atomic E-state index is 12.8. The Labute approximate surface area is 151 Å². The maximum absolute atomic E-state index is 12.8. The number of ether oxygens (including phenoxy) is 1. The number of nitrogens with zero attached hydrogens (tertiary/aromatic N) is 1. The van der Waals surface area contributed by atoms with Crippen LogP contribution in [0.4, 0.5) is 10.1 Å². The zero-order valence-corrected chi connectivity index (χ0v) is 14.4. The quantitative estimate of drug-likeness (QED) is 0.563. The van der Waals surface area contributed by atoms with Gasteiger partial charge in [0.15, 0.2) is 0 Å². The van der Waals surface area contributed by atoms with Crippen LogP contribution in [0.15, 0.2) is 53.6 Å². The lowest BCUT2D eigenvalue weighted by Gasteiger charge is -2.06. The summed E-state index contributed by atoms with van der Waals surface area (Å²) < 4.78 is 18.3. The number of hydrogen-bond acceptors (Lipinski definition) is 4. The summed E-state index contributed by atoms with van der Waals surface area (Å²) in [6.45, 7) is 2.41. The molecule has 0 saturated heterocycles. The first-order valence-corrected chi connectivity index (χ1v) is 8.17. The van der Waals surface area contributed by atoms with E-state index < -0.39 is 0 Å².